The van der Waals surface area contributed by atoms with Crippen molar-refractivity contribution in [2.75, 3.05) is 54.1 Å². The van der Waals surface area contributed by atoms with Gasteiger partial charge in [0.1, 0.15) is 38.5 Å². The van der Waals surface area contributed by atoms with E-state index in [0.717, 1.165) is 57.8 Å². The number of amides is 1. The molecule has 0 fully saturated rings. The number of quaternary nitrogens is 1. The summed E-state index contributed by atoms with van der Waals surface area (Å²) in [6.45, 7) is 6.52. The second kappa shape index (κ2) is 44.8. The fourth-order valence-electron chi connectivity index (χ4n) is 7.99. The topological polar surface area (TPSA) is 134 Å². The molecule has 0 aromatic heterocycles. The van der Waals surface area contributed by atoms with E-state index in [0.29, 0.717) is 30.3 Å². The second-order valence-electron chi connectivity index (χ2n) is 20.4. The quantitative estimate of drug-likeness (QED) is 0.0274. The third-order valence-electron chi connectivity index (χ3n) is 12.5. The zero-order valence-corrected chi connectivity index (χ0v) is 44.0. The number of carbonyl (C=O) groups excluding carboxylic acids is 5. The summed E-state index contributed by atoms with van der Waals surface area (Å²) in [6, 6.07) is 0. The molecule has 0 heterocycles. The van der Waals surface area contributed by atoms with Crippen molar-refractivity contribution in [3.63, 3.8) is 0 Å². The van der Waals surface area contributed by atoms with E-state index < -0.39 is 35.3 Å². The van der Waals surface area contributed by atoms with Gasteiger partial charge in [-0.1, -0.05) is 213 Å². The van der Waals surface area contributed by atoms with E-state index in [-0.39, 0.29) is 58.5 Å². The van der Waals surface area contributed by atoms with Crippen LogP contribution in [0.1, 0.15) is 265 Å². The average Bonchev–Trinajstić information content (AvgIpc) is 3.28. The molecule has 0 radical (unpaired) electrons. The highest BCUT2D eigenvalue weighted by molar-refractivity contribution is 5.82. The van der Waals surface area contributed by atoms with Crippen LogP contribution >= 0.6 is 0 Å². The van der Waals surface area contributed by atoms with Crippen molar-refractivity contribution in [1.82, 2.24) is 5.32 Å². The first kappa shape index (κ1) is 63.3. The van der Waals surface area contributed by atoms with E-state index in [1.165, 1.54) is 135 Å². The van der Waals surface area contributed by atoms with Crippen molar-refractivity contribution in [2.24, 2.45) is 0 Å². The molecule has 1 amide bonds. The zero-order chi connectivity index (χ0) is 48.8. The summed E-state index contributed by atoms with van der Waals surface area (Å²) in [5.74, 6) is -2.30. The SMILES string of the molecule is CCCCCCCCCCCCCC(=O)OCC(COC(=O)CCCCCCCCCCCCC)(COC(=O)CCCCCCCCCCCCC)NC(=O)CCC(=O)OCC[N+](C)(C)C. The first-order valence-electron chi connectivity index (χ1n) is 27.6. The number of hydrogen-bond donors (Lipinski definition) is 1. The summed E-state index contributed by atoms with van der Waals surface area (Å²) in [5, 5.41) is 2.89. The van der Waals surface area contributed by atoms with Crippen LogP contribution in [0.25, 0.3) is 0 Å². The first-order valence-corrected chi connectivity index (χ1v) is 27.6. The number of esters is 4. The van der Waals surface area contributed by atoms with Crippen LogP contribution in [-0.4, -0.2) is 93.9 Å². The van der Waals surface area contributed by atoms with Crippen LogP contribution in [0.5, 0.6) is 0 Å². The molecule has 0 bridgehead atoms. The minimum Gasteiger partial charge on any atom is -0.463 e. The summed E-state index contributed by atoms with van der Waals surface area (Å²) in [4.78, 5) is 65.5. The fraction of sp³-hybridized carbons (Fsp3) is 0.909. The smallest absolute Gasteiger partial charge is 0.306 e. The molecule has 0 rings (SSSR count). The van der Waals surface area contributed by atoms with Crippen LogP contribution < -0.4 is 5.32 Å². The van der Waals surface area contributed by atoms with Gasteiger partial charge in [-0.3, -0.25) is 24.0 Å². The van der Waals surface area contributed by atoms with E-state index >= 15 is 0 Å². The van der Waals surface area contributed by atoms with Gasteiger partial charge in [0.2, 0.25) is 5.91 Å². The van der Waals surface area contributed by atoms with Gasteiger partial charge in [0.05, 0.1) is 27.6 Å². The summed E-state index contributed by atoms with van der Waals surface area (Å²) >= 11 is 0. The van der Waals surface area contributed by atoms with Gasteiger partial charge in [-0.2, -0.15) is 0 Å². The number of unbranched alkanes of at least 4 members (excludes halogenated alkanes) is 30. The Hall–Kier alpha value is -2.69. The van der Waals surface area contributed by atoms with Crippen molar-refractivity contribution in [1.29, 1.82) is 0 Å². The molecule has 66 heavy (non-hydrogen) atoms. The van der Waals surface area contributed by atoms with Crippen molar-refractivity contribution in [3.05, 3.63) is 0 Å². The Morgan fingerprint density at radius 1 is 0.348 bits per heavy atom. The van der Waals surface area contributed by atoms with Crippen molar-refractivity contribution in [2.45, 2.75) is 270 Å². The lowest BCUT2D eigenvalue weighted by Gasteiger charge is -2.33. The summed E-state index contributed by atoms with van der Waals surface area (Å²) in [6.07, 6.45) is 38.6. The Labute approximate surface area is 405 Å². The van der Waals surface area contributed by atoms with Gasteiger partial charge < -0.3 is 28.7 Å². The van der Waals surface area contributed by atoms with Gasteiger partial charge in [0, 0.05) is 25.7 Å². The number of nitrogens with zero attached hydrogens (tertiary/aromatic N) is 1. The Balaban J connectivity index is 5.55. The minimum absolute atomic E-state index is 0.158. The maximum absolute atomic E-state index is 13.5. The number of ether oxygens (including phenoxy) is 4. The van der Waals surface area contributed by atoms with E-state index in [1.54, 1.807) is 0 Å². The highest BCUT2D eigenvalue weighted by atomic mass is 16.6. The molecule has 11 nitrogen and oxygen atoms in total. The largest absolute Gasteiger partial charge is 0.463 e. The second-order valence-corrected chi connectivity index (χ2v) is 20.4. The lowest BCUT2D eigenvalue weighted by molar-refractivity contribution is -0.870. The van der Waals surface area contributed by atoms with Gasteiger partial charge in [-0.15, -0.1) is 0 Å². The van der Waals surface area contributed by atoms with E-state index in [1.807, 2.05) is 21.1 Å². The van der Waals surface area contributed by atoms with Crippen molar-refractivity contribution in [3.8, 4) is 0 Å². The molecule has 0 saturated heterocycles. The van der Waals surface area contributed by atoms with Gasteiger partial charge in [-0.25, -0.2) is 0 Å². The molecule has 0 saturated carbocycles. The molecule has 0 spiro atoms. The molecule has 0 aliphatic carbocycles. The van der Waals surface area contributed by atoms with Crippen LogP contribution in [-0.2, 0) is 42.9 Å². The fourth-order valence-corrected chi connectivity index (χ4v) is 7.99. The van der Waals surface area contributed by atoms with Crippen LogP contribution in [0.2, 0.25) is 0 Å². The summed E-state index contributed by atoms with van der Waals surface area (Å²) < 4.78 is 23.4. The Morgan fingerprint density at radius 3 is 0.879 bits per heavy atom. The third kappa shape index (κ3) is 43.9. The summed E-state index contributed by atoms with van der Waals surface area (Å²) in [7, 11) is 6.00. The normalized spacial score (nSPS) is 11.7. The lowest BCUT2D eigenvalue weighted by atomic mass is 10.0. The molecule has 1 N–H and O–H groups in total. The lowest BCUT2D eigenvalue weighted by Crippen LogP contribution is -2.59. The molecule has 0 aromatic rings. The van der Waals surface area contributed by atoms with Gasteiger partial charge >= 0.3 is 23.9 Å². The molecule has 0 unspecified atom stereocenters. The van der Waals surface area contributed by atoms with E-state index in [4.69, 9.17) is 18.9 Å². The molecular weight excluding hydrogens is 833 g/mol. The van der Waals surface area contributed by atoms with E-state index in [9.17, 15) is 24.0 Å². The van der Waals surface area contributed by atoms with Crippen LogP contribution in [0.3, 0.4) is 0 Å². The third-order valence-corrected chi connectivity index (χ3v) is 12.5. The molecule has 11 heteroatoms. The highest BCUT2D eigenvalue weighted by Gasteiger charge is 2.38. The van der Waals surface area contributed by atoms with Gasteiger partial charge in [0.15, 0.2) is 0 Å². The molecule has 0 aromatic carbocycles. The highest BCUT2D eigenvalue weighted by Crippen LogP contribution is 2.18. The van der Waals surface area contributed by atoms with Crippen molar-refractivity contribution < 1.29 is 47.4 Å². The zero-order valence-electron chi connectivity index (χ0n) is 44.0. The molecule has 0 atom stereocenters. The van der Waals surface area contributed by atoms with Gasteiger partial charge in [0.25, 0.3) is 0 Å². The van der Waals surface area contributed by atoms with Crippen molar-refractivity contribution >= 4 is 29.8 Å². The number of hydrogen-bond acceptors (Lipinski definition) is 9. The monoisotopic (exact) mass is 938 g/mol. The summed E-state index contributed by atoms with van der Waals surface area (Å²) in [5.41, 5.74) is -1.53. The average molecular weight is 938 g/mol. The van der Waals surface area contributed by atoms with Gasteiger partial charge in [-0.05, 0) is 19.3 Å². The predicted molar refractivity (Wildman–Crippen MR) is 270 cm³/mol. The van der Waals surface area contributed by atoms with E-state index in [2.05, 4.69) is 26.1 Å². The number of carbonyl (C=O) groups is 5. The van der Waals surface area contributed by atoms with Crippen LogP contribution in [0, 0.1) is 0 Å². The Kier molecular flexibility index (Phi) is 43.0. The Bertz CT molecular complexity index is 1080. The van der Waals surface area contributed by atoms with Crippen LogP contribution in [0.15, 0.2) is 0 Å². The molecule has 0 aliphatic heterocycles. The molecule has 388 valence electrons. The number of likely N-dealkylation sites (N-methyl/N-ethyl adjacent to an activating group) is 1. The van der Waals surface area contributed by atoms with Crippen LogP contribution in [0.4, 0.5) is 0 Å². The standard InChI is InChI=1S/C55H104N2O9/c1-7-10-13-16-19-22-25-28-31-34-37-40-51(59)64-47-55(56-50(58)43-44-54(62)63-46-45-57(4,5)6,48-65-52(60)41-38-35-32-29-26-23-20-17-14-11-8-2)49-66-53(61)42-39-36-33-30-27-24-21-18-15-12-9-3/h7-49H2,1-6H3/p+1. The Morgan fingerprint density at radius 2 is 0.606 bits per heavy atom. The molecule has 0 aliphatic rings. The maximum atomic E-state index is 13.5. The number of rotatable bonds is 49. The number of nitrogens with one attached hydrogen (secondary N) is 1. The maximum Gasteiger partial charge on any atom is 0.306 e. The minimum atomic E-state index is -1.53. The molecular formula is C55H105N2O9+. The first-order chi connectivity index (χ1) is 31.9. The predicted octanol–water partition coefficient (Wildman–Crippen LogP) is 13.6.